The lowest BCUT2D eigenvalue weighted by Crippen LogP contribution is -2.32. The fraction of sp³-hybridized carbons (Fsp3) is 0.917. The molecule has 0 aliphatic carbocycles. The summed E-state index contributed by atoms with van der Waals surface area (Å²) in [6, 6.07) is 0. The maximum atomic E-state index is 7.24. The Kier molecular flexibility index (Phi) is 9.24. The van der Waals surface area contributed by atoms with Crippen molar-refractivity contribution in [2.75, 3.05) is 32.8 Å². The van der Waals surface area contributed by atoms with Crippen LogP contribution in [0.15, 0.2) is 0 Å². The van der Waals surface area contributed by atoms with E-state index in [1.165, 1.54) is 0 Å². The predicted molar refractivity (Wildman–Crippen MR) is 68.9 cm³/mol. The number of rotatable bonds is 10. The molecule has 0 radical (unpaired) electrons. The molecule has 0 aliphatic rings. The van der Waals surface area contributed by atoms with Gasteiger partial charge in [0.2, 0.25) is 0 Å². The van der Waals surface area contributed by atoms with Crippen LogP contribution in [0.25, 0.3) is 0 Å². The molecule has 0 spiro atoms. The van der Waals surface area contributed by atoms with Crippen LogP contribution in [-0.4, -0.2) is 43.6 Å². The summed E-state index contributed by atoms with van der Waals surface area (Å²) in [6.07, 6.45) is 1.72. The second kappa shape index (κ2) is 9.60. The van der Waals surface area contributed by atoms with Crippen molar-refractivity contribution in [2.24, 2.45) is 11.7 Å². The average molecular weight is 229 g/mol. The monoisotopic (exact) mass is 229 g/mol. The molecular weight excluding hydrogens is 202 g/mol. The molecular formula is C12H27N3O. The molecule has 0 fully saturated rings. The molecule has 16 heavy (non-hydrogen) atoms. The highest BCUT2D eigenvalue weighted by Gasteiger charge is 2.07. The zero-order valence-electron chi connectivity index (χ0n) is 11.0. The molecule has 0 atom stereocenters. The largest absolute Gasteiger partial charge is 0.388 e. The number of nitrogens with zero attached hydrogens (tertiary/aromatic N) is 1. The minimum Gasteiger partial charge on any atom is -0.388 e. The van der Waals surface area contributed by atoms with E-state index in [1.54, 1.807) is 0 Å². The number of amidine groups is 1. The maximum absolute atomic E-state index is 7.24. The molecule has 4 heteroatoms. The Morgan fingerprint density at radius 2 is 2.06 bits per heavy atom. The van der Waals surface area contributed by atoms with Gasteiger partial charge >= 0.3 is 0 Å². The van der Waals surface area contributed by atoms with Crippen molar-refractivity contribution in [3.63, 3.8) is 0 Å². The van der Waals surface area contributed by atoms with Crippen LogP contribution in [0, 0.1) is 11.3 Å². The Morgan fingerprint density at radius 1 is 1.38 bits per heavy atom. The lowest BCUT2D eigenvalue weighted by molar-refractivity contribution is 0.129. The van der Waals surface area contributed by atoms with Gasteiger partial charge in [-0.15, -0.1) is 0 Å². The van der Waals surface area contributed by atoms with E-state index in [0.29, 0.717) is 12.3 Å². The van der Waals surface area contributed by atoms with Crippen LogP contribution in [-0.2, 0) is 4.74 Å². The maximum Gasteiger partial charge on any atom is 0.0918 e. The van der Waals surface area contributed by atoms with Crippen LogP contribution >= 0.6 is 0 Å². The molecule has 0 saturated heterocycles. The molecule has 96 valence electrons. The highest BCUT2D eigenvalue weighted by Crippen LogP contribution is 2.01. The summed E-state index contributed by atoms with van der Waals surface area (Å²) in [5, 5.41) is 7.24. The van der Waals surface area contributed by atoms with Gasteiger partial charge in [0.1, 0.15) is 0 Å². The topological polar surface area (TPSA) is 62.3 Å². The van der Waals surface area contributed by atoms with Crippen molar-refractivity contribution in [3.05, 3.63) is 0 Å². The molecule has 0 aromatic carbocycles. The van der Waals surface area contributed by atoms with Gasteiger partial charge in [0.25, 0.3) is 0 Å². The minimum atomic E-state index is 0.276. The van der Waals surface area contributed by atoms with Gasteiger partial charge < -0.3 is 15.4 Å². The number of hydrogen-bond acceptors (Lipinski definition) is 3. The van der Waals surface area contributed by atoms with Gasteiger partial charge in [-0.05, 0) is 19.3 Å². The van der Waals surface area contributed by atoms with Gasteiger partial charge in [0.05, 0.1) is 5.84 Å². The fourth-order valence-corrected chi connectivity index (χ4v) is 1.62. The third-order valence-corrected chi connectivity index (χ3v) is 2.29. The molecule has 4 nitrogen and oxygen atoms in total. The average Bonchev–Trinajstić information content (AvgIpc) is 2.19. The van der Waals surface area contributed by atoms with Gasteiger partial charge in [0.15, 0.2) is 0 Å². The quantitative estimate of drug-likeness (QED) is 0.340. The van der Waals surface area contributed by atoms with Gasteiger partial charge in [-0.1, -0.05) is 13.8 Å². The first-order valence-corrected chi connectivity index (χ1v) is 6.19. The first kappa shape index (κ1) is 15.4. The van der Waals surface area contributed by atoms with Crippen LogP contribution in [0.1, 0.15) is 33.6 Å². The highest BCUT2D eigenvalue weighted by molar-refractivity contribution is 5.76. The zero-order valence-corrected chi connectivity index (χ0v) is 11.0. The van der Waals surface area contributed by atoms with Crippen LogP contribution in [0.2, 0.25) is 0 Å². The Hall–Kier alpha value is -0.610. The van der Waals surface area contributed by atoms with Crippen molar-refractivity contribution in [2.45, 2.75) is 33.6 Å². The summed E-state index contributed by atoms with van der Waals surface area (Å²) in [4.78, 5) is 2.37. The normalized spacial score (nSPS) is 11.3. The molecule has 0 heterocycles. The first-order chi connectivity index (χ1) is 7.56. The smallest absolute Gasteiger partial charge is 0.0918 e. The van der Waals surface area contributed by atoms with E-state index >= 15 is 0 Å². The van der Waals surface area contributed by atoms with Crippen molar-refractivity contribution in [1.82, 2.24) is 4.90 Å². The van der Waals surface area contributed by atoms with E-state index in [4.69, 9.17) is 15.9 Å². The lowest BCUT2D eigenvalue weighted by Gasteiger charge is -2.23. The van der Waals surface area contributed by atoms with Crippen LogP contribution < -0.4 is 5.73 Å². The second-order valence-corrected chi connectivity index (χ2v) is 4.52. The molecule has 0 rings (SSSR count). The molecule has 0 amide bonds. The number of hydrogen-bond donors (Lipinski definition) is 2. The predicted octanol–water partition coefficient (Wildman–Crippen LogP) is 1.70. The van der Waals surface area contributed by atoms with Crippen LogP contribution in [0.5, 0.6) is 0 Å². The highest BCUT2D eigenvalue weighted by atomic mass is 16.5. The number of nitrogens with two attached hydrogens (primary N) is 1. The van der Waals surface area contributed by atoms with Gasteiger partial charge in [-0.3, -0.25) is 5.41 Å². The van der Waals surface area contributed by atoms with Gasteiger partial charge in [-0.2, -0.15) is 0 Å². The SMILES string of the molecule is CCOCCCN(CCC(=N)N)CC(C)C. The summed E-state index contributed by atoms with van der Waals surface area (Å²) >= 11 is 0. The minimum absolute atomic E-state index is 0.276. The summed E-state index contributed by atoms with van der Waals surface area (Å²) in [6.45, 7) is 11.0. The van der Waals surface area contributed by atoms with E-state index in [1.807, 2.05) is 6.92 Å². The summed E-state index contributed by atoms with van der Waals surface area (Å²) in [7, 11) is 0. The van der Waals surface area contributed by atoms with E-state index in [9.17, 15) is 0 Å². The van der Waals surface area contributed by atoms with E-state index < -0.39 is 0 Å². The molecule has 0 aliphatic heterocycles. The molecule has 3 N–H and O–H groups in total. The third-order valence-electron chi connectivity index (χ3n) is 2.29. The van der Waals surface area contributed by atoms with Crippen molar-refractivity contribution < 1.29 is 4.74 Å². The number of ether oxygens (including phenoxy) is 1. The summed E-state index contributed by atoms with van der Waals surface area (Å²) in [5.74, 6) is 0.928. The molecule has 0 aromatic heterocycles. The molecule has 0 unspecified atom stereocenters. The van der Waals surface area contributed by atoms with E-state index in [2.05, 4.69) is 18.7 Å². The van der Waals surface area contributed by atoms with Gasteiger partial charge in [0, 0.05) is 39.3 Å². The Morgan fingerprint density at radius 3 is 2.56 bits per heavy atom. The molecule has 0 saturated carbocycles. The van der Waals surface area contributed by atoms with Crippen molar-refractivity contribution in [3.8, 4) is 0 Å². The zero-order chi connectivity index (χ0) is 12.4. The Balaban J connectivity index is 3.76. The van der Waals surface area contributed by atoms with E-state index in [0.717, 1.165) is 39.3 Å². The Bertz CT molecular complexity index is 183. The standard InChI is InChI=1S/C12H27N3O/c1-4-16-9-5-7-15(10-11(2)3)8-6-12(13)14/h11H,4-10H2,1-3H3,(H3,13,14). The van der Waals surface area contributed by atoms with E-state index in [-0.39, 0.29) is 5.84 Å². The third kappa shape index (κ3) is 9.93. The van der Waals surface area contributed by atoms with Crippen molar-refractivity contribution >= 4 is 5.84 Å². The van der Waals surface area contributed by atoms with Crippen LogP contribution in [0.4, 0.5) is 0 Å². The fourth-order valence-electron chi connectivity index (χ4n) is 1.62. The first-order valence-electron chi connectivity index (χ1n) is 6.19. The van der Waals surface area contributed by atoms with Gasteiger partial charge in [-0.25, -0.2) is 0 Å². The summed E-state index contributed by atoms with van der Waals surface area (Å²) in [5.41, 5.74) is 5.38. The Labute approximate surface area is 99.7 Å². The lowest BCUT2D eigenvalue weighted by atomic mass is 10.2. The molecule has 0 aromatic rings. The molecule has 0 bridgehead atoms. The second-order valence-electron chi connectivity index (χ2n) is 4.52. The number of nitrogens with one attached hydrogen (secondary N) is 1. The summed E-state index contributed by atoms with van der Waals surface area (Å²) < 4.78 is 5.32. The van der Waals surface area contributed by atoms with Crippen molar-refractivity contribution in [1.29, 1.82) is 5.41 Å². The van der Waals surface area contributed by atoms with Crippen LogP contribution in [0.3, 0.4) is 0 Å².